The van der Waals surface area contributed by atoms with E-state index in [1.165, 1.54) is 392 Å². The summed E-state index contributed by atoms with van der Waals surface area (Å²) in [6, 6.07) is 0. The van der Waals surface area contributed by atoms with Crippen LogP contribution in [-0.2, 0) is 32.7 Å². The van der Waals surface area contributed by atoms with Crippen LogP contribution >= 0.6 is 7.82 Å². The minimum Gasteiger partial charge on any atom is -0.756 e. The number of nitrogens with zero attached hydrogens (tertiary/aromatic N) is 1. The molecule has 0 aromatic carbocycles. The van der Waals surface area contributed by atoms with Crippen LogP contribution in [0.2, 0.25) is 0 Å². The molecule has 0 N–H and O–H groups in total. The van der Waals surface area contributed by atoms with Gasteiger partial charge in [0.25, 0.3) is 7.82 Å². The number of carbonyl (C=O) groups is 2. The van der Waals surface area contributed by atoms with Gasteiger partial charge in [0.1, 0.15) is 19.8 Å². The number of unbranched alkanes of at least 4 members (excludes halogenated alkanes) is 65. The highest BCUT2D eigenvalue weighted by Crippen LogP contribution is 2.38. The molecule has 0 amide bonds. The molecule has 0 aromatic heterocycles. The molecular weight excluding hydrogens is 1150 g/mol. The molecular formula is C81H162NO8P. The zero-order valence-electron chi connectivity index (χ0n) is 62.4. The van der Waals surface area contributed by atoms with Crippen molar-refractivity contribution < 1.29 is 42.1 Å². The summed E-state index contributed by atoms with van der Waals surface area (Å²) in [7, 11) is 1.20. The minimum absolute atomic E-state index is 0.0246. The van der Waals surface area contributed by atoms with E-state index in [-0.39, 0.29) is 32.0 Å². The first-order chi connectivity index (χ1) is 44.5. The third kappa shape index (κ3) is 77.9. The minimum atomic E-state index is -4.64. The third-order valence-corrected chi connectivity index (χ3v) is 20.3. The molecule has 0 fully saturated rings. The van der Waals surface area contributed by atoms with E-state index in [9.17, 15) is 19.0 Å². The van der Waals surface area contributed by atoms with E-state index in [0.717, 1.165) is 32.1 Å². The molecule has 9 nitrogen and oxygen atoms in total. The van der Waals surface area contributed by atoms with Gasteiger partial charge in [-0.05, 0) is 12.8 Å². The number of hydrogen-bond donors (Lipinski definition) is 0. The van der Waals surface area contributed by atoms with E-state index >= 15 is 0 Å². The smallest absolute Gasteiger partial charge is 0.306 e. The molecule has 544 valence electrons. The van der Waals surface area contributed by atoms with Gasteiger partial charge in [-0.2, -0.15) is 0 Å². The molecule has 0 heterocycles. The van der Waals surface area contributed by atoms with Crippen LogP contribution in [0.15, 0.2) is 0 Å². The maximum Gasteiger partial charge on any atom is 0.306 e. The molecule has 10 heteroatoms. The van der Waals surface area contributed by atoms with Gasteiger partial charge in [0, 0.05) is 12.8 Å². The molecule has 0 aliphatic heterocycles. The maximum absolute atomic E-state index is 12.9. The standard InChI is InChI=1S/C81H162NO8P/c1-6-8-10-12-14-16-18-20-22-24-26-28-30-32-34-36-37-38-39-40-41-42-43-44-46-48-50-52-54-56-58-60-62-64-66-68-70-72-74-81(84)90-79(78-89-91(85,86)88-76-75-82(3,4)5)77-87-80(83)73-71-69-67-65-63-61-59-57-55-53-51-49-47-45-35-33-31-29-27-25-23-21-19-17-15-13-11-9-7-2/h79H,6-78H2,1-5H3. The van der Waals surface area contributed by atoms with Crippen LogP contribution in [-0.4, -0.2) is 70.0 Å². The summed E-state index contributed by atoms with van der Waals surface area (Å²) in [4.78, 5) is 38.2. The van der Waals surface area contributed by atoms with Crippen LogP contribution in [0, 0.1) is 0 Å². The lowest BCUT2D eigenvalue weighted by atomic mass is 10.0. The Morgan fingerprint density at radius 3 is 0.703 bits per heavy atom. The maximum atomic E-state index is 12.9. The predicted octanol–water partition coefficient (Wildman–Crippen LogP) is 26.6. The molecule has 0 aromatic rings. The van der Waals surface area contributed by atoms with E-state index in [0.29, 0.717) is 17.4 Å². The SMILES string of the molecule is CCCCCCCCCCCCCCCCCCCCCCCCCCCCCCCCCCCCCCCCC(=O)OC(COC(=O)CCCCCCCCCCCCCCCCCCCCCCCCCCCCCCC)COP(=O)([O-])OCC[N+](C)(C)C. The molecule has 0 radical (unpaired) electrons. The molecule has 0 spiro atoms. The Morgan fingerprint density at radius 1 is 0.297 bits per heavy atom. The average molecular weight is 1310 g/mol. The number of esters is 2. The van der Waals surface area contributed by atoms with E-state index in [1.807, 2.05) is 21.1 Å². The number of phosphoric ester groups is 1. The number of phosphoric acid groups is 1. The first-order valence-electron chi connectivity index (χ1n) is 41.2. The summed E-state index contributed by atoms with van der Waals surface area (Å²) in [6.07, 6.45) is 91.1. The van der Waals surface area contributed by atoms with Gasteiger partial charge in [0.2, 0.25) is 0 Å². The summed E-state index contributed by atoms with van der Waals surface area (Å²) in [5.74, 6) is -0.800. The van der Waals surface area contributed by atoms with E-state index in [1.54, 1.807) is 0 Å². The molecule has 0 aliphatic rings. The molecule has 0 rings (SSSR count). The van der Waals surface area contributed by atoms with Crippen molar-refractivity contribution in [3.63, 3.8) is 0 Å². The second-order valence-corrected chi connectivity index (χ2v) is 31.3. The normalized spacial score (nSPS) is 12.9. The molecule has 91 heavy (non-hydrogen) atoms. The van der Waals surface area contributed by atoms with E-state index < -0.39 is 26.5 Å². The van der Waals surface area contributed by atoms with Crippen LogP contribution in [0.5, 0.6) is 0 Å². The van der Waals surface area contributed by atoms with Gasteiger partial charge in [0.05, 0.1) is 27.7 Å². The largest absolute Gasteiger partial charge is 0.756 e. The molecule has 0 bridgehead atoms. The summed E-state index contributed by atoms with van der Waals surface area (Å²) in [5.41, 5.74) is 0. The van der Waals surface area contributed by atoms with Crippen molar-refractivity contribution in [2.45, 2.75) is 463 Å². The number of quaternary nitrogens is 1. The fraction of sp³-hybridized carbons (Fsp3) is 0.975. The zero-order chi connectivity index (χ0) is 66.2. The summed E-state index contributed by atoms with van der Waals surface area (Å²) in [5, 5.41) is 0. The Kier molecular flexibility index (Phi) is 72.5. The van der Waals surface area contributed by atoms with Gasteiger partial charge < -0.3 is 27.9 Å². The van der Waals surface area contributed by atoms with Crippen LogP contribution in [0.25, 0.3) is 0 Å². The van der Waals surface area contributed by atoms with Crippen molar-refractivity contribution in [3.8, 4) is 0 Å². The molecule has 0 saturated carbocycles. The lowest BCUT2D eigenvalue weighted by molar-refractivity contribution is -0.870. The lowest BCUT2D eigenvalue weighted by Crippen LogP contribution is -2.37. The van der Waals surface area contributed by atoms with Gasteiger partial charge in [-0.15, -0.1) is 0 Å². The predicted molar refractivity (Wildman–Crippen MR) is 393 cm³/mol. The Hall–Kier alpha value is -0.990. The van der Waals surface area contributed by atoms with E-state index in [2.05, 4.69) is 13.8 Å². The van der Waals surface area contributed by atoms with E-state index in [4.69, 9.17) is 18.5 Å². The monoisotopic (exact) mass is 1310 g/mol. The Labute approximate surface area is 569 Å². The van der Waals surface area contributed by atoms with Crippen LogP contribution in [0.3, 0.4) is 0 Å². The van der Waals surface area contributed by atoms with Crippen molar-refractivity contribution in [2.75, 3.05) is 47.5 Å². The van der Waals surface area contributed by atoms with Gasteiger partial charge in [0.15, 0.2) is 6.10 Å². The van der Waals surface area contributed by atoms with Crippen molar-refractivity contribution in [1.82, 2.24) is 0 Å². The lowest BCUT2D eigenvalue weighted by Gasteiger charge is -2.28. The van der Waals surface area contributed by atoms with Crippen molar-refractivity contribution in [3.05, 3.63) is 0 Å². The first kappa shape index (κ1) is 90.0. The van der Waals surface area contributed by atoms with Crippen LogP contribution in [0.1, 0.15) is 457 Å². The van der Waals surface area contributed by atoms with Gasteiger partial charge in [-0.1, -0.05) is 431 Å². The van der Waals surface area contributed by atoms with Gasteiger partial charge in [-0.3, -0.25) is 14.2 Å². The van der Waals surface area contributed by atoms with Crippen LogP contribution in [0.4, 0.5) is 0 Å². The molecule has 0 aliphatic carbocycles. The number of rotatable bonds is 79. The van der Waals surface area contributed by atoms with Gasteiger partial charge in [-0.25, -0.2) is 0 Å². The van der Waals surface area contributed by atoms with Crippen molar-refractivity contribution in [1.29, 1.82) is 0 Å². The Bertz CT molecular complexity index is 1490. The summed E-state index contributed by atoms with van der Waals surface area (Å²) < 4.78 is 34.4. The number of hydrogen-bond acceptors (Lipinski definition) is 8. The first-order valence-corrected chi connectivity index (χ1v) is 42.7. The highest BCUT2D eigenvalue weighted by Gasteiger charge is 2.22. The summed E-state index contributed by atoms with van der Waals surface area (Å²) in [6.45, 7) is 4.35. The van der Waals surface area contributed by atoms with Crippen molar-refractivity contribution >= 4 is 19.8 Å². The fourth-order valence-electron chi connectivity index (χ4n) is 13.1. The molecule has 0 saturated heterocycles. The second kappa shape index (κ2) is 73.3. The second-order valence-electron chi connectivity index (χ2n) is 29.9. The van der Waals surface area contributed by atoms with Crippen molar-refractivity contribution in [2.24, 2.45) is 0 Å². The fourth-order valence-corrected chi connectivity index (χ4v) is 13.8. The highest BCUT2D eigenvalue weighted by molar-refractivity contribution is 7.45. The Morgan fingerprint density at radius 2 is 0.495 bits per heavy atom. The topological polar surface area (TPSA) is 111 Å². The zero-order valence-corrected chi connectivity index (χ0v) is 63.3. The van der Waals surface area contributed by atoms with Gasteiger partial charge >= 0.3 is 11.9 Å². The average Bonchev–Trinajstić information content (AvgIpc) is 3.30. The number of likely N-dealkylation sites (N-methyl/N-ethyl adjacent to an activating group) is 1. The Balaban J connectivity index is 3.86. The molecule has 2 atom stereocenters. The molecule has 2 unspecified atom stereocenters. The third-order valence-electron chi connectivity index (χ3n) is 19.4. The highest BCUT2D eigenvalue weighted by atomic mass is 31.2. The quantitative estimate of drug-likeness (QED) is 0.0256. The number of ether oxygens (including phenoxy) is 2. The number of carbonyl (C=O) groups excluding carboxylic acids is 2. The summed E-state index contributed by atoms with van der Waals surface area (Å²) >= 11 is 0. The van der Waals surface area contributed by atoms with Crippen LogP contribution < -0.4 is 4.89 Å².